The SMILES string of the molecule is Cc1nc2cc(C(F)(F)F)c(C(C)Nc3ccc(C(=O)O)cn3)cc2c(=O)[nH]1. The topological polar surface area (TPSA) is 108 Å². The fourth-order valence-corrected chi connectivity index (χ4v) is 2.83. The normalized spacial score (nSPS) is 12.8. The third kappa shape index (κ3) is 3.80. The number of halogens is 3. The minimum absolute atomic E-state index is 0.0384. The van der Waals surface area contributed by atoms with Gasteiger partial charge < -0.3 is 15.4 Å². The Labute approximate surface area is 156 Å². The fraction of sp³-hybridized carbons (Fsp3) is 0.222. The van der Waals surface area contributed by atoms with Gasteiger partial charge >= 0.3 is 12.1 Å². The maximum Gasteiger partial charge on any atom is 0.416 e. The van der Waals surface area contributed by atoms with E-state index in [4.69, 9.17) is 5.11 Å². The van der Waals surface area contributed by atoms with Gasteiger partial charge in [0.1, 0.15) is 11.6 Å². The van der Waals surface area contributed by atoms with Crippen molar-refractivity contribution in [3.63, 3.8) is 0 Å². The number of aromatic carboxylic acids is 1. The zero-order chi connectivity index (χ0) is 20.6. The molecule has 2 aromatic heterocycles. The van der Waals surface area contributed by atoms with Gasteiger partial charge in [-0.3, -0.25) is 4.79 Å². The first-order valence-corrected chi connectivity index (χ1v) is 8.14. The quantitative estimate of drug-likeness (QED) is 0.627. The molecule has 0 bridgehead atoms. The van der Waals surface area contributed by atoms with E-state index in [0.29, 0.717) is 0 Å². The standard InChI is InChI=1S/C18H15F3N4O3/c1-8(23-15-4-3-10(7-22-15)17(27)28)11-5-12-14(6-13(11)18(19,20)21)24-9(2)25-16(12)26/h3-8H,1-2H3,(H,22,23)(H,27,28)(H,24,25,26). The number of hydrogen-bond acceptors (Lipinski definition) is 5. The van der Waals surface area contributed by atoms with E-state index in [9.17, 15) is 22.8 Å². The van der Waals surface area contributed by atoms with E-state index in [1.807, 2.05) is 0 Å². The van der Waals surface area contributed by atoms with Crippen LogP contribution in [0.1, 0.15) is 40.3 Å². The monoisotopic (exact) mass is 392 g/mol. The van der Waals surface area contributed by atoms with Gasteiger partial charge in [-0.2, -0.15) is 13.2 Å². The van der Waals surface area contributed by atoms with Gasteiger partial charge in [0.25, 0.3) is 5.56 Å². The molecule has 0 aliphatic heterocycles. The van der Waals surface area contributed by atoms with Crippen LogP contribution in [0.2, 0.25) is 0 Å². The molecule has 2 heterocycles. The van der Waals surface area contributed by atoms with Gasteiger partial charge in [-0.1, -0.05) is 0 Å². The highest BCUT2D eigenvalue weighted by Gasteiger charge is 2.35. The molecule has 0 radical (unpaired) electrons. The van der Waals surface area contributed by atoms with Crippen molar-refractivity contribution in [1.82, 2.24) is 15.0 Å². The van der Waals surface area contributed by atoms with Crippen LogP contribution in [0.15, 0.2) is 35.3 Å². The number of carbonyl (C=O) groups is 1. The van der Waals surface area contributed by atoms with Crippen molar-refractivity contribution in [1.29, 1.82) is 0 Å². The predicted octanol–water partition coefficient (Wildman–Crippen LogP) is 3.52. The molecule has 0 spiro atoms. The number of rotatable bonds is 4. The maximum absolute atomic E-state index is 13.6. The van der Waals surface area contributed by atoms with Crippen molar-refractivity contribution in [2.24, 2.45) is 0 Å². The Balaban J connectivity index is 2.06. The van der Waals surface area contributed by atoms with Crippen LogP contribution in [0.5, 0.6) is 0 Å². The Hall–Kier alpha value is -3.43. The van der Waals surface area contributed by atoms with Crippen LogP contribution in [0.3, 0.4) is 0 Å². The molecule has 0 aliphatic carbocycles. The Morgan fingerprint density at radius 2 is 2.00 bits per heavy atom. The molecule has 7 nitrogen and oxygen atoms in total. The summed E-state index contributed by atoms with van der Waals surface area (Å²) in [6.07, 6.45) is -3.56. The molecule has 1 atom stereocenters. The lowest BCUT2D eigenvalue weighted by Crippen LogP contribution is -2.18. The van der Waals surface area contributed by atoms with E-state index < -0.39 is 29.3 Å². The van der Waals surface area contributed by atoms with Crippen LogP contribution < -0.4 is 10.9 Å². The summed E-state index contributed by atoms with van der Waals surface area (Å²) in [7, 11) is 0. The van der Waals surface area contributed by atoms with Crippen LogP contribution in [0.25, 0.3) is 10.9 Å². The highest BCUT2D eigenvalue weighted by molar-refractivity contribution is 5.87. The summed E-state index contributed by atoms with van der Waals surface area (Å²) >= 11 is 0. The minimum atomic E-state index is -4.65. The second-order valence-electron chi connectivity index (χ2n) is 6.21. The Bertz CT molecular complexity index is 1110. The lowest BCUT2D eigenvalue weighted by molar-refractivity contribution is -0.138. The summed E-state index contributed by atoms with van der Waals surface area (Å²) in [5, 5.41) is 11.7. The van der Waals surface area contributed by atoms with E-state index in [-0.39, 0.29) is 33.7 Å². The van der Waals surface area contributed by atoms with Crippen LogP contribution in [0, 0.1) is 6.92 Å². The van der Waals surface area contributed by atoms with E-state index >= 15 is 0 Å². The summed E-state index contributed by atoms with van der Waals surface area (Å²) in [4.78, 5) is 33.3. The Morgan fingerprint density at radius 3 is 2.57 bits per heavy atom. The molecule has 28 heavy (non-hydrogen) atoms. The van der Waals surface area contributed by atoms with Gasteiger partial charge in [-0.05, 0) is 43.7 Å². The number of nitrogens with zero attached hydrogens (tertiary/aromatic N) is 2. The van der Waals surface area contributed by atoms with E-state index in [0.717, 1.165) is 18.3 Å². The van der Waals surface area contributed by atoms with Crippen LogP contribution in [-0.2, 0) is 6.18 Å². The van der Waals surface area contributed by atoms with E-state index in [1.54, 1.807) is 0 Å². The molecule has 3 rings (SSSR count). The lowest BCUT2D eigenvalue weighted by Gasteiger charge is -2.20. The smallest absolute Gasteiger partial charge is 0.416 e. The summed E-state index contributed by atoms with van der Waals surface area (Å²) in [5.74, 6) is -0.753. The number of fused-ring (bicyclic) bond motifs is 1. The van der Waals surface area contributed by atoms with Crippen molar-refractivity contribution in [2.75, 3.05) is 5.32 Å². The summed E-state index contributed by atoms with van der Waals surface area (Å²) in [5.41, 5.74) is -1.70. The first kappa shape index (κ1) is 19.3. The number of carboxylic acids is 1. The molecule has 0 fully saturated rings. The Kier molecular flexibility index (Phi) is 4.80. The number of alkyl halides is 3. The fourth-order valence-electron chi connectivity index (χ4n) is 2.83. The number of benzene rings is 1. The summed E-state index contributed by atoms with van der Waals surface area (Å²) in [6, 6.07) is 3.78. The molecule has 146 valence electrons. The van der Waals surface area contributed by atoms with Gasteiger partial charge in [0.2, 0.25) is 0 Å². The average Bonchev–Trinajstić information content (AvgIpc) is 2.60. The zero-order valence-electron chi connectivity index (χ0n) is 14.8. The number of nitrogens with one attached hydrogen (secondary N) is 2. The number of pyridine rings is 1. The van der Waals surface area contributed by atoms with Gasteiger partial charge in [0.15, 0.2) is 0 Å². The van der Waals surface area contributed by atoms with Crippen molar-refractivity contribution in [2.45, 2.75) is 26.1 Å². The summed E-state index contributed by atoms with van der Waals surface area (Å²) in [6.45, 7) is 2.97. The molecule has 0 saturated heterocycles. The second-order valence-corrected chi connectivity index (χ2v) is 6.21. The highest BCUT2D eigenvalue weighted by Crippen LogP contribution is 2.37. The number of H-pyrrole nitrogens is 1. The average molecular weight is 392 g/mol. The molecular formula is C18H15F3N4O3. The predicted molar refractivity (Wildman–Crippen MR) is 95.3 cm³/mol. The number of hydrogen-bond donors (Lipinski definition) is 3. The Morgan fingerprint density at radius 1 is 1.29 bits per heavy atom. The van der Waals surface area contributed by atoms with Crippen molar-refractivity contribution < 1.29 is 23.1 Å². The van der Waals surface area contributed by atoms with Crippen molar-refractivity contribution >= 4 is 22.7 Å². The number of aromatic amines is 1. The van der Waals surface area contributed by atoms with E-state index in [1.165, 1.54) is 26.0 Å². The maximum atomic E-state index is 13.6. The minimum Gasteiger partial charge on any atom is -0.478 e. The molecule has 0 amide bonds. The number of anilines is 1. The van der Waals surface area contributed by atoms with Gasteiger partial charge in [0, 0.05) is 6.20 Å². The molecule has 10 heteroatoms. The first-order chi connectivity index (χ1) is 13.1. The third-order valence-corrected chi connectivity index (χ3v) is 4.14. The van der Waals surface area contributed by atoms with Crippen LogP contribution >= 0.6 is 0 Å². The van der Waals surface area contributed by atoms with Gasteiger partial charge in [-0.15, -0.1) is 0 Å². The van der Waals surface area contributed by atoms with Gasteiger partial charge in [-0.25, -0.2) is 14.8 Å². The highest BCUT2D eigenvalue weighted by atomic mass is 19.4. The lowest BCUT2D eigenvalue weighted by atomic mass is 9.98. The molecular weight excluding hydrogens is 377 g/mol. The molecule has 1 aromatic carbocycles. The summed E-state index contributed by atoms with van der Waals surface area (Å²) < 4.78 is 40.8. The van der Waals surface area contributed by atoms with Crippen LogP contribution in [-0.4, -0.2) is 26.0 Å². The molecule has 3 aromatic rings. The third-order valence-electron chi connectivity index (χ3n) is 4.14. The first-order valence-electron chi connectivity index (χ1n) is 8.14. The molecule has 1 unspecified atom stereocenters. The van der Waals surface area contributed by atoms with Crippen LogP contribution in [0.4, 0.5) is 19.0 Å². The zero-order valence-corrected chi connectivity index (χ0v) is 14.8. The number of aryl methyl sites for hydroxylation is 1. The second kappa shape index (κ2) is 6.95. The van der Waals surface area contributed by atoms with Gasteiger partial charge in [0.05, 0.1) is 28.1 Å². The molecule has 3 N–H and O–H groups in total. The van der Waals surface area contributed by atoms with E-state index in [2.05, 4.69) is 20.3 Å². The molecule has 0 aliphatic rings. The van der Waals surface area contributed by atoms with Crippen molar-refractivity contribution in [3.05, 3.63) is 63.3 Å². The number of carboxylic acid groups (broad SMARTS) is 1. The largest absolute Gasteiger partial charge is 0.478 e. The number of aromatic nitrogens is 3. The van der Waals surface area contributed by atoms with Crippen molar-refractivity contribution in [3.8, 4) is 0 Å². The molecule has 0 saturated carbocycles.